The lowest BCUT2D eigenvalue weighted by Gasteiger charge is -2.20. The van der Waals surface area contributed by atoms with Gasteiger partial charge in [0, 0.05) is 10.6 Å². The molecule has 0 saturated carbocycles. The molecule has 1 unspecified atom stereocenters. The van der Waals surface area contributed by atoms with Gasteiger partial charge in [0.25, 0.3) is 5.56 Å². The van der Waals surface area contributed by atoms with Crippen molar-refractivity contribution in [3.8, 4) is 0 Å². The summed E-state index contributed by atoms with van der Waals surface area (Å²) in [6.07, 6.45) is 1.66. The summed E-state index contributed by atoms with van der Waals surface area (Å²) in [4.78, 5) is 32.3. The molecule has 2 heterocycles. The van der Waals surface area contributed by atoms with Crippen LogP contribution in [0.15, 0.2) is 29.1 Å². The molecule has 0 bridgehead atoms. The number of aryl methyl sites for hydroxylation is 4. The molecule has 1 atom stereocenters. The summed E-state index contributed by atoms with van der Waals surface area (Å²) in [6, 6.07) is 7.26. The van der Waals surface area contributed by atoms with Crippen molar-refractivity contribution in [3.63, 3.8) is 0 Å². The van der Waals surface area contributed by atoms with Crippen molar-refractivity contribution in [3.05, 3.63) is 56.4 Å². The molecule has 0 saturated heterocycles. The number of hydrogen-bond donors (Lipinski definition) is 1. The van der Waals surface area contributed by atoms with Crippen molar-refractivity contribution < 1.29 is 4.79 Å². The van der Waals surface area contributed by atoms with Gasteiger partial charge in [-0.2, -0.15) is 0 Å². The fraction of sp³-hybridized carbons (Fsp3) is 0.381. The van der Waals surface area contributed by atoms with E-state index in [-0.39, 0.29) is 11.5 Å². The lowest BCUT2D eigenvalue weighted by Crippen LogP contribution is -2.34. The van der Waals surface area contributed by atoms with Crippen molar-refractivity contribution >= 4 is 33.1 Å². The van der Waals surface area contributed by atoms with Gasteiger partial charge in [0.2, 0.25) is 5.91 Å². The van der Waals surface area contributed by atoms with E-state index in [4.69, 9.17) is 0 Å². The number of hydrogen-bond acceptors (Lipinski definition) is 4. The number of rotatable bonds is 5. The first-order chi connectivity index (χ1) is 12.9. The number of amides is 1. The summed E-state index contributed by atoms with van der Waals surface area (Å²) >= 11 is 1.50. The van der Waals surface area contributed by atoms with Crippen LogP contribution in [0, 0.1) is 13.8 Å². The number of carbonyl (C=O) groups is 1. The van der Waals surface area contributed by atoms with Crippen LogP contribution in [0.4, 0.5) is 5.69 Å². The summed E-state index contributed by atoms with van der Waals surface area (Å²) in [5, 5.41) is 3.64. The Bertz CT molecular complexity index is 1040. The zero-order valence-electron chi connectivity index (χ0n) is 16.4. The van der Waals surface area contributed by atoms with Crippen molar-refractivity contribution in [2.45, 2.75) is 53.5 Å². The number of nitrogens with zero attached hydrogens (tertiary/aromatic N) is 2. The van der Waals surface area contributed by atoms with Crippen LogP contribution < -0.4 is 10.9 Å². The second-order valence-electron chi connectivity index (χ2n) is 6.73. The molecule has 0 aliphatic rings. The van der Waals surface area contributed by atoms with Crippen LogP contribution >= 0.6 is 11.3 Å². The van der Waals surface area contributed by atoms with Gasteiger partial charge in [-0.3, -0.25) is 14.2 Å². The van der Waals surface area contributed by atoms with Crippen molar-refractivity contribution in [2.24, 2.45) is 0 Å². The Morgan fingerprint density at radius 3 is 2.44 bits per heavy atom. The van der Waals surface area contributed by atoms with E-state index in [9.17, 15) is 9.59 Å². The second kappa shape index (κ2) is 7.64. The normalized spacial score (nSPS) is 12.3. The predicted octanol–water partition coefficient (Wildman–Crippen LogP) is 4.40. The van der Waals surface area contributed by atoms with Crippen LogP contribution in [-0.4, -0.2) is 15.5 Å². The van der Waals surface area contributed by atoms with E-state index in [1.165, 1.54) is 15.9 Å². The third-order valence-corrected chi connectivity index (χ3v) is 5.86. The highest BCUT2D eigenvalue weighted by molar-refractivity contribution is 7.18. The topological polar surface area (TPSA) is 64.0 Å². The third-order valence-electron chi connectivity index (χ3n) is 4.91. The molecule has 2 aromatic heterocycles. The summed E-state index contributed by atoms with van der Waals surface area (Å²) < 4.78 is 1.49. The van der Waals surface area contributed by atoms with Crippen molar-refractivity contribution in [2.75, 3.05) is 5.32 Å². The molecule has 1 amide bonds. The standard InChI is InChI=1S/C21H25N3O2S/c1-6-15-9-8-10-16(7-2)18(15)23-19(25)13(4)24-14(5)22-20-17(21(24)26)11-12(3)27-20/h8-11,13H,6-7H2,1-5H3,(H,23,25). The van der Waals surface area contributed by atoms with Crippen molar-refractivity contribution in [1.82, 2.24) is 9.55 Å². The van der Waals surface area contributed by atoms with Crippen LogP contribution in [0.5, 0.6) is 0 Å². The second-order valence-corrected chi connectivity index (χ2v) is 7.97. The first kappa shape index (κ1) is 19.3. The molecule has 0 aliphatic heterocycles. The number of thiophene rings is 1. The first-order valence-corrected chi connectivity index (χ1v) is 10.1. The number of anilines is 1. The third kappa shape index (κ3) is 3.54. The largest absolute Gasteiger partial charge is 0.324 e. The number of aromatic nitrogens is 2. The number of benzene rings is 1. The maximum Gasteiger partial charge on any atom is 0.263 e. The van der Waals surface area contributed by atoms with Gasteiger partial charge in [-0.05, 0) is 50.8 Å². The van der Waals surface area contributed by atoms with Gasteiger partial charge in [-0.1, -0.05) is 32.0 Å². The fourth-order valence-electron chi connectivity index (χ4n) is 3.42. The lowest BCUT2D eigenvalue weighted by molar-refractivity contribution is -0.118. The Morgan fingerprint density at radius 2 is 1.85 bits per heavy atom. The van der Waals surface area contributed by atoms with Gasteiger partial charge in [0.15, 0.2) is 0 Å². The molecular formula is C21H25N3O2S. The van der Waals surface area contributed by atoms with E-state index in [1.54, 1.807) is 13.8 Å². The van der Waals surface area contributed by atoms with E-state index in [0.717, 1.165) is 39.4 Å². The van der Waals surface area contributed by atoms with Crippen LogP contribution in [0.3, 0.4) is 0 Å². The Kier molecular flexibility index (Phi) is 5.46. The molecule has 1 N–H and O–H groups in total. The predicted molar refractivity (Wildman–Crippen MR) is 112 cm³/mol. The minimum atomic E-state index is -0.649. The summed E-state index contributed by atoms with van der Waals surface area (Å²) in [6.45, 7) is 9.61. The van der Waals surface area contributed by atoms with Gasteiger partial charge in [0.1, 0.15) is 16.7 Å². The molecule has 3 aromatic rings. The van der Waals surface area contributed by atoms with Crippen LogP contribution in [0.1, 0.15) is 48.6 Å². The number of para-hydroxylation sites is 1. The summed E-state index contributed by atoms with van der Waals surface area (Å²) in [5.41, 5.74) is 2.90. The maximum absolute atomic E-state index is 13.0. The minimum absolute atomic E-state index is 0.163. The molecular weight excluding hydrogens is 358 g/mol. The Morgan fingerprint density at radius 1 is 1.22 bits per heavy atom. The number of fused-ring (bicyclic) bond motifs is 1. The highest BCUT2D eigenvalue weighted by Crippen LogP contribution is 2.25. The Balaban J connectivity index is 2.00. The molecule has 27 heavy (non-hydrogen) atoms. The SMILES string of the molecule is CCc1cccc(CC)c1NC(=O)C(C)n1c(C)nc2sc(C)cc2c1=O. The quantitative estimate of drug-likeness (QED) is 0.710. The van der Waals surface area contributed by atoms with E-state index >= 15 is 0 Å². The smallest absolute Gasteiger partial charge is 0.263 e. The zero-order chi connectivity index (χ0) is 19.7. The molecule has 0 spiro atoms. The molecule has 6 heteroatoms. The fourth-order valence-corrected chi connectivity index (χ4v) is 4.34. The molecule has 0 aliphatic carbocycles. The number of carbonyl (C=O) groups excluding carboxylic acids is 1. The molecule has 5 nitrogen and oxygen atoms in total. The highest BCUT2D eigenvalue weighted by Gasteiger charge is 2.22. The Labute approximate surface area is 163 Å². The monoisotopic (exact) mass is 383 g/mol. The van der Waals surface area contributed by atoms with Crippen LogP contribution in [0.25, 0.3) is 10.2 Å². The molecule has 1 aromatic carbocycles. The molecule has 0 fully saturated rings. The molecule has 0 radical (unpaired) electrons. The van der Waals surface area contributed by atoms with E-state index in [2.05, 4.69) is 24.1 Å². The van der Waals surface area contributed by atoms with E-state index < -0.39 is 6.04 Å². The lowest BCUT2D eigenvalue weighted by atomic mass is 10.0. The van der Waals surface area contributed by atoms with E-state index in [1.807, 2.05) is 31.2 Å². The molecule has 142 valence electrons. The van der Waals surface area contributed by atoms with Gasteiger partial charge >= 0.3 is 0 Å². The van der Waals surface area contributed by atoms with Gasteiger partial charge in [-0.25, -0.2) is 4.98 Å². The van der Waals surface area contributed by atoms with Gasteiger partial charge in [0.05, 0.1) is 5.39 Å². The maximum atomic E-state index is 13.0. The van der Waals surface area contributed by atoms with Crippen molar-refractivity contribution in [1.29, 1.82) is 0 Å². The van der Waals surface area contributed by atoms with Crippen LogP contribution in [-0.2, 0) is 17.6 Å². The van der Waals surface area contributed by atoms with Gasteiger partial charge < -0.3 is 5.32 Å². The summed E-state index contributed by atoms with van der Waals surface area (Å²) in [5.74, 6) is 0.348. The zero-order valence-corrected chi connectivity index (χ0v) is 17.2. The minimum Gasteiger partial charge on any atom is -0.324 e. The average Bonchev–Trinajstić information content (AvgIpc) is 3.02. The highest BCUT2D eigenvalue weighted by atomic mass is 32.1. The Hall–Kier alpha value is -2.47. The average molecular weight is 384 g/mol. The van der Waals surface area contributed by atoms with Gasteiger partial charge in [-0.15, -0.1) is 11.3 Å². The number of nitrogens with one attached hydrogen (secondary N) is 1. The molecule has 3 rings (SSSR count). The van der Waals surface area contributed by atoms with E-state index in [0.29, 0.717) is 11.2 Å². The van der Waals surface area contributed by atoms with Crippen LogP contribution in [0.2, 0.25) is 0 Å². The first-order valence-electron chi connectivity index (χ1n) is 9.28. The summed E-state index contributed by atoms with van der Waals surface area (Å²) in [7, 11) is 0.